The van der Waals surface area contributed by atoms with Crippen molar-refractivity contribution in [1.29, 1.82) is 0 Å². The molecule has 2 aromatic carbocycles. The van der Waals surface area contributed by atoms with Crippen molar-refractivity contribution in [3.63, 3.8) is 0 Å². The van der Waals surface area contributed by atoms with Gasteiger partial charge in [0.2, 0.25) is 0 Å². The molecule has 1 aliphatic carbocycles. The van der Waals surface area contributed by atoms with Gasteiger partial charge in [-0.15, -0.1) is 0 Å². The highest BCUT2D eigenvalue weighted by Gasteiger charge is 2.55. The number of carbonyl (C=O) groups is 1. The summed E-state index contributed by atoms with van der Waals surface area (Å²) >= 11 is 0. The van der Waals surface area contributed by atoms with Gasteiger partial charge in [-0.2, -0.15) is 0 Å². The van der Waals surface area contributed by atoms with Gasteiger partial charge in [0.15, 0.2) is 0 Å². The lowest BCUT2D eigenvalue weighted by Crippen LogP contribution is -2.58. The van der Waals surface area contributed by atoms with Crippen LogP contribution in [0.3, 0.4) is 0 Å². The van der Waals surface area contributed by atoms with Crippen molar-refractivity contribution >= 4 is 16.7 Å². The highest BCUT2D eigenvalue weighted by atomic mass is 16.7. The van der Waals surface area contributed by atoms with Gasteiger partial charge in [-0.3, -0.25) is 4.79 Å². The third kappa shape index (κ3) is 2.29. The van der Waals surface area contributed by atoms with Gasteiger partial charge >= 0.3 is 5.97 Å². The van der Waals surface area contributed by atoms with Crippen molar-refractivity contribution in [2.45, 2.75) is 50.1 Å². The van der Waals surface area contributed by atoms with Crippen LogP contribution in [-0.2, 0) is 9.53 Å². The van der Waals surface area contributed by atoms with Crippen molar-refractivity contribution in [1.82, 2.24) is 0 Å². The second-order valence-corrected chi connectivity index (χ2v) is 7.23. The predicted octanol–water partition coefficient (Wildman–Crippen LogP) is 3.17. The second kappa shape index (κ2) is 5.36. The molecule has 0 amide bonds. The minimum Gasteiger partial charge on any atom is -0.462 e. The average Bonchev–Trinajstić information content (AvgIpc) is 3.04. The Labute approximate surface area is 145 Å². The van der Waals surface area contributed by atoms with Gasteiger partial charge in [0.1, 0.15) is 17.6 Å². The van der Waals surface area contributed by atoms with Gasteiger partial charge in [-0.25, -0.2) is 0 Å². The molecule has 25 heavy (non-hydrogen) atoms. The first-order chi connectivity index (χ1) is 12.1. The van der Waals surface area contributed by atoms with E-state index in [4.69, 9.17) is 14.2 Å². The van der Waals surface area contributed by atoms with Crippen molar-refractivity contribution in [3.05, 3.63) is 36.4 Å². The second-order valence-electron chi connectivity index (χ2n) is 7.23. The lowest BCUT2D eigenvalue weighted by Gasteiger charge is -2.48. The van der Waals surface area contributed by atoms with Crippen molar-refractivity contribution in [2.75, 3.05) is 0 Å². The maximum Gasteiger partial charge on any atom is 0.306 e. The third-order valence-electron chi connectivity index (χ3n) is 5.68. The smallest absolute Gasteiger partial charge is 0.306 e. The number of aliphatic hydroxyl groups is 1. The van der Waals surface area contributed by atoms with E-state index in [9.17, 15) is 9.90 Å². The fraction of sp³-hybridized carbons (Fsp3) is 0.450. The predicted molar refractivity (Wildman–Crippen MR) is 90.4 cm³/mol. The van der Waals surface area contributed by atoms with Crippen LogP contribution < -0.4 is 9.47 Å². The van der Waals surface area contributed by atoms with Crippen LogP contribution in [-0.4, -0.2) is 29.1 Å². The third-order valence-corrected chi connectivity index (χ3v) is 5.68. The zero-order valence-electron chi connectivity index (χ0n) is 13.8. The minimum absolute atomic E-state index is 0.182. The molecular formula is C20H20O5. The first kappa shape index (κ1) is 15.0. The van der Waals surface area contributed by atoms with Gasteiger partial charge < -0.3 is 19.3 Å². The number of ether oxygens (including phenoxy) is 3. The van der Waals surface area contributed by atoms with Crippen LogP contribution in [0.4, 0.5) is 0 Å². The number of hydrogen-bond donors (Lipinski definition) is 1. The summed E-state index contributed by atoms with van der Waals surface area (Å²) in [6, 6.07) is 11.9. The Bertz CT molecular complexity index is 804. The number of aliphatic hydroxyl groups excluding tert-OH is 1. The molecule has 1 spiro atoms. The molecule has 5 nitrogen and oxygen atoms in total. The Morgan fingerprint density at radius 1 is 1.04 bits per heavy atom. The Hall–Kier alpha value is -2.27. The number of rotatable bonds is 1. The zero-order valence-corrected chi connectivity index (χ0v) is 13.8. The maximum atomic E-state index is 11.6. The van der Waals surface area contributed by atoms with Crippen LogP contribution in [0.2, 0.25) is 0 Å². The van der Waals surface area contributed by atoms with Crippen LogP contribution in [0.5, 0.6) is 11.5 Å². The summed E-state index contributed by atoms with van der Waals surface area (Å²) in [4.78, 5) is 11.6. The molecular weight excluding hydrogens is 320 g/mol. The van der Waals surface area contributed by atoms with Crippen LogP contribution in [0.1, 0.15) is 32.1 Å². The SMILES string of the molecule is O=C1CC[C@H]([C@@H]2C[C@H](O)CCC23Oc2cccc4cccc(c24)O3)O1. The molecule has 0 bridgehead atoms. The molecule has 5 heteroatoms. The summed E-state index contributed by atoms with van der Waals surface area (Å²) in [7, 11) is 0. The fourth-order valence-corrected chi connectivity index (χ4v) is 4.50. The molecule has 0 aromatic heterocycles. The lowest BCUT2D eigenvalue weighted by atomic mass is 9.77. The van der Waals surface area contributed by atoms with E-state index in [2.05, 4.69) is 0 Å². The Balaban J connectivity index is 1.58. The summed E-state index contributed by atoms with van der Waals surface area (Å²) < 4.78 is 18.4. The largest absolute Gasteiger partial charge is 0.462 e. The Kier molecular flexibility index (Phi) is 3.22. The van der Waals surface area contributed by atoms with E-state index < -0.39 is 11.9 Å². The van der Waals surface area contributed by atoms with Gasteiger partial charge in [0.05, 0.1) is 17.4 Å². The highest BCUT2D eigenvalue weighted by Crippen LogP contribution is 2.50. The molecule has 3 atom stereocenters. The molecule has 2 aliphatic heterocycles. The quantitative estimate of drug-likeness (QED) is 0.808. The van der Waals surface area contributed by atoms with Crippen molar-refractivity contribution in [2.24, 2.45) is 5.92 Å². The summed E-state index contributed by atoms with van der Waals surface area (Å²) in [6.07, 6.45) is 2.06. The summed E-state index contributed by atoms with van der Waals surface area (Å²) in [5.41, 5.74) is 0. The van der Waals surface area contributed by atoms with E-state index in [1.807, 2.05) is 36.4 Å². The minimum atomic E-state index is -0.892. The number of benzene rings is 2. The van der Waals surface area contributed by atoms with E-state index in [0.717, 1.165) is 22.3 Å². The average molecular weight is 340 g/mol. The number of esters is 1. The summed E-state index contributed by atoms with van der Waals surface area (Å²) in [5.74, 6) is 0.330. The topological polar surface area (TPSA) is 65.0 Å². The van der Waals surface area contributed by atoms with Crippen LogP contribution >= 0.6 is 0 Å². The first-order valence-corrected chi connectivity index (χ1v) is 8.92. The van der Waals surface area contributed by atoms with E-state index in [-0.39, 0.29) is 18.0 Å². The molecule has 3 aliphatic rings. The number of carbonyl (C=O) groups excluding carboxylic acids is 1. The molecule has 2 fully saturated rings. The maximum absolute atomic E-state index is 11.6. The molecule has 2 aromatic rings. The van der Waals surface area contributed by atoms with Crippen LogP contribution in [0.25, 0.3) is 10.8 Å². The summed E-state index contributed by atoms with van der Waals surface area (Å²) in [5, 5.41) is 12.3. The molecule has 0 unspecified atom stereocenters. The van der Waals surface area contributed by atoms with Crippen LogP contribution in [0.15, 0.2) is 36.4 Å². The van der Waals surface area contributed by atoms with Crippen molar-refractivity contribution in [3.8, 4) is 11.5 Å². The van der Waals surface area contributed by atoms with Gasteiger partial charge in [-0.1, -0.05) is 24.3 Å². The molecule has 1 saturated carbocycles. The fourth-order valence-electron chi connectivity index (χ4n) is 4.50. The molecule has 0 radical (unpaired) electrons. The lowest BCUT2D eigenvalue weighted by molar-refractivity contribution is -0.217. The normalized spacial score (nSPS) is 30.0. The molecule has 130 valence electrons. The number of hydrogen-bond acceptors (Lipinski definition) is 5. The molecule has 1 saturated heterocycles. The van der Waals surface area contributed by atoms with Gasteiger partial charge in [0.25, 0.3) is 5.79 Å². The van der Waals surface area contributed by atoms with Gasteiger partial charge in [-0.05, 0) is 36.8 Å². The van der Waals surface area contributed by atoms with E-state index in [1.165, 1.54) is 0 Å². The molecule has 1 N–H and O–H groups in total. The van der Waals surface area contributed by atoms with E-state index in [0.29, 0.717) is 32.1 Å². The Morgan fingerprint density at radius 3 is 2.40 bits per heavy atom. The molecule has 2 heterocycles. The first-order valence-electron chi connectivity index (χ1n) is 8.92. The Morgan fingerprint density at radius 2 is 1.76 bits per heavy atom. The van der Waals surface area contributed by atoms with E-state index in [1.54, 1.807) is 0 Å². The molecule has 5 rings (SSSR count). The monoisotopic (exact) mass is 340 g/mol. The van der Waals surface area contributed by atoms with E-state index >= 15 is 0 Å². The van der Waals surface area contributed by atoms with Crippen LogP contribution in [0, 0.1) is 5.92 Å². The zero-order chi connectivity index (χ0) is 17.0. The van der Waals surface area contributed by atoms with Crippen molar-refractivity contribution < 1.29 is 24.1 Å². The highest BCUT2D eigenvalue weighted by molar-refractivity contribution is 5.94. The summed E-state index contributed by atoms with van der Waals surface area (Å²) in [6.45, 7) is 0. The standard InChI is InChI=1S/C20H20O5/c21-13-9-10-20(14(11-13)15-7-8-18(22)23-15)24-16-5-1-3-12-4-2-6-17(25-20)19(12)16/h1-6,13-15,21H,7-11H2/t13-,14+,15-/m1/s1. The van der Waals surface area contributed by atoms with Gasteiger partial charge in [0, 0.05) is 12.8 Å². The number of cyclic esters (lactones) is 1.